The second-order valence-electron chi connectivity index (χ2n) is 5.18. The van der Waals surface area contributed by atoms with Crippen LogP contribution in [0.1, 0.15) is 19.8 Å². The quantitative estimate of drug-likeness (QED) is 0.320. The highest BCUT2D eigenvalue weighted by Gasteiger charge is 2.28. The van der Waals surface area contributed by atoms with Crippen molar-refractivity contribution in [2.45, 2.75) is 19.8 Å². The van der Waals surface area contributed by atoms with E-state index >= 15 is 0 Å². The predicted octanol–water partition coefficient (Wildman–Crippen LogP) is 0.977. The Morgan fingerprint density at radius 1 is 1.46 bits per heavy atom. The smallest absolute Gasteiger partial charge is 0.353 e. The summed E-state index contributed by atoms with van der Waals surface area (Å²) in [6.07, 6.45) is 2.93. The molecule has 0 atom stereocenters. The zero-order chi connectivity index (χ0) is 17.4. The molecule has 0 aromatic carbocycles. The van der Waals surface area contributed by atoms with Crippen molar-refractivity contribution in [3.63, 3.8) is 0 Å². The lowest BCUT2D eigenvalue weighted by Crippen LogP contribution is -2.37. The molecular formula is C14H21N5O5. The van der Waals surface area contributed by atoms with E-state index in [1.54, 1.807) is 4.90 Å². The maximum absolute atomic E-state index is 11.6. The van der Waals surface area contributed by atoms with Crippen LogP contribution in [0.25, 0.3) is 0 Å². The van der Waals surface area contributed by atoms with Gasteiger partial charge in [-0.05, 0) is 6.42 Å². The van der Waals surface area contributed by atoms with Crippen LogP contribution in [0.3, 0.4) is 0 Å². The second-order valence-corrected chi connectivity index (χ2v) is 5.18. The maximum atomic E-state index is 11.6. The fourth-order valence-electron chi connectivity index (χ4n) is 2.21. The number of carbonyl (C=O) groups is 1. The lowest BCUT2D eigenvalue weighted by molar-refractivity contribution is -0.383. The molecule has 1 aliphatic heterocycles. The fourth-order valence-corrected chi connectivity index (χ4v) is 2.21. The zero-order valence-electron chi connectivity index (χ0n) is 13.6. The molecule has 0 amide bonds. The minimum atomic E-state index is -0.546. The van der Waals surface area contributed by atoms with Gasteiger partial charge in [-0.25, -0.2) is 9.97 Å². The first-order chi connectivity index (χ1) is 11.6. The van der Waals surface area contributed by atoms with Crippen LogP contribution in [0.15, 0.2) is 6.33 Å². The van der Waals surface area contributed by atoms with Crippen LogP contribution in [0.2, 0.25) is 0 Å². The molecule has 1 aromatic rings. The molecule has 1 saturated heterocycles. The molecule has 1 aromatic heterocycles. The number of hydrogen-bond acceptors (Lipinski definition) is 9. The molecule has 2 rings (SSSR count). The van der Waals surface area contributed by atoms with E-state index < -0.39 is 10.9 Å². The summed E-state index contributed by atoms with van der Waals surface area (Å²) in [7, 11) is 0. The summed E-state index contributed by atoms with van der Waals surface area (Å²) in [4.78, 5) is 32.2. The average Bonchev–Trinajstić information content (AvgIpc) is 2.60. The van der Waals surface area contributed by atoms with Crippen molar-refractivity contribution in [3.05, 3.63) is 16.4 Å². The molecule has 0 aliphatic carbocycles. The van der Waals surface area contributed by atoms with Gasteiger partial charge < -0.3 is 19.7 Å². The van der Waals surface area contributed by atoms with Crippen molar-refractivity contribution >= 4 is 23.3 Å². The SMILES string of the molecule is CCCCOC(=O)CNc1ncnc(N2CCOCC2)c1[N+](=O)[O-]. The van der Waals surface area contributed by atoms with Gasteiger partial charge in [-0.3, -0.25) is 14.9 Å². The first-order valence-corrected chi connectivity index (χ1v) is 7.85. The van der Waals surface area contributed by atoms with Crippen molar-refractivity contribution in [2.75, 3.05) is 49.7 Å². The first-order valence-electron chi connectivity index (χ1n) is 7.85. The summed E-state index contributed by atoms with van der Waals surface area (Å²) >= 11 is 0. The van der Waals surface area contributed by atoms with Gasteiger partial charge in [0.1, 0.15) is 12.9 Å². The number of morpholine rings is 1. The van der Waals surface area contributed by atoms with Gasteiger partial charge in [0, 0.05) is 13.1 Å². The van der Waals surface area contributed by atoms with E-state index in [-0.39, 0.29) is 23.9 Å². The van der Waals surface area contributed by atoms with Crippen LogP contribution in [-0.2, 0) is 14.3 Å². The van der Waals surface area contributed by atoms with Crippen molar-refractivity contribution in [1.29, 1.82) is 0 Å². The molecule has 2 heterocycles. The van der Waals surface area contributed by atoms with Crippen LogP contribution in [0.4, 0.5) is 17.3 Å². The molecule has 1 fully saturated rings. The molecule has 1 aliphatic rings. The lowest BCUT2D eigenvalue weighted by Gasteiger charge is -2.27. The zero-order valence-corrected chi connectivity index (χ0v) is 13.6. The van der Waals surface area contributed by atoms with Gasteiger partial charge in [-0.2, -0.15) is 0 Å². The number of nitrogens with one attached hydrogen (secondary N) is 1. The summed E-state index contributed by atoms with van der Waals surface area (Å²) in [5, 5.41) is 14.1. The third kappa shape index (κ3) is 4.75. The molecule has 0 spiro atoms. The minimum Gasteiger partial charge on any atom is -0.464 e. The van der Waals surface area contributed by atoms with Gasteiger partial charge in [0.25, 0.3) is 0 Å². The normalized spacial score (nSPS) is 14.3. The van der Waals surface area contributed by atoms with Gasteiger partial charge in [0.15, 0.2) is 0 Å². The topological polar surface area (TPSA) is 120 Å². The molecule has 132 valence electrons. The van der Waals surface area contributed by atoms with Crippen molar-refractivity contribution < 1.29 is 19.2 Å². The number of anilines is 2. The van der Waals surface area contributed by atoms with Crippen LogP contribution in [-0.4, -0.2) is 60.3 Å². The Morgan fingerprint density at radius 2 is 2.21 bits per heavy atom. The number of aromatic nitrogens is 2. The molecular weight excluding hydrogens is 318 g/mol. The van der Waals surface area contributed by atoms with Crippen LogP contribution < -0.4 is 10.2 Å². The van der Waals surface area contributed by atoms with Gasteiger partial charge in [0.05, 0.1) is 24.7 Å². The molecule has 10 heteroatoms. The van der Waals surface area contributed by atoms with E-state index in [9.17, 15) is 14.9 Å². The number of esters is 1. The monoisotopic (exact) mass is 339 g/mol. The highest BCUT2D eigenvalue weighted by atomic mass is 16.6. The van der Waals surface area contributed by atoms with E-state index in [2.05, 4.69) is 15.3 Å². The Labute approximate surface area is 139 Å². The predicted molar refractivity (Wildman–Crippen MR) is 86.1 cm³/mol. The van der Waals surface area contributed by atoms with E-state index in [0.717, 1.165) is 12.8 Å². The van der Waals surface area contributed by atoms with Gasteiger partial charge in [-0.15, -0.1) is 0 Å². The number of carbonyl (C=O) groups excluding carboxylic acids is 1. The minimum absolute atomic E-state index is 0.00364. The number of rotatable bonds is 8. The first kappa shape index (κ1) is 17.9. The summed E-state index contributed by atoms with van der Waals surface area (Å²) in [6.45, 7) is 4.11. The molecule has 24 heavy (non-hydrogen) atoms. The summed E-state index contributed by atoms with van der Waals surface area (Å²) in [5.41, 5.74) is -0.249. The van der Waals surface area contributed by atoms with Gasteiger partial charge in [0.2, 0.25) is 11.6 Å². The Balaban J connectivity index is 2.08. The standard InChI is InChI=1S/C14H21N5O5/c1-2-3-6-24-11(20)9-15-13-12(19(21)22)14(17-10-16-13)18-4-7-23-8-5-18/h10H,2-9H2,1H3,(H,15,16,17). The molecule has 1 N–H and O–H groups in total. The Bertz CT molecular complexity index is 577. The molecule has 0 unspecified atom stereocenters. The van der Waals surface area contributed by atoms with E-state index in [1.165, 1.54) is 6.33 Å². The summed E-state index contributed by atoms with van der Waals surface area (Å²) in [5.74, 6) is -0.256. The highest BCUT2D eigenvalue weighted by Crippen LogP contribution is 2.31. The van der Waals surface area contributed by atoms with Crippen molar-refractivity contribution in [3.8, 4) is 0 Å². The number of nitro groups is 1. The molecule has 10 nitrogen and oxygen atoms in total. The number of hydrogen-bond donors (Lipinski definition) is 1. The Morgan fingerprint density at radius 3 is 2.88 bits per heavy atom. The molecule has 0 saturated carbocycles. The van der Waals surface area contributed by atoms with Crippen LogP contribution in [0.5, 0.6) is 0 Å². The number of ether oxygens (including phenoxy) is 2. The summed E-state index contributed by atoms with van der Waals surface area (Å²) in [6, 6.07) is 0. The Hall–Kier alpha value is -2.49. The van der Waals surface area contributed by atoms with Crippen molar-refractivity contribution in [2.24, 2.45) is 0 Å². The fraction of sp³-hybridized carbons (Fsp3) is 0.643. The maximum Gasteiger partial charge on any atom is 0.353 e. The Kier molecular flexibility index (Phi) is 6.67. The van der Waals surface area contributed by atoms with Crippen LogP contribution in [0, 0.1) is 10.1 Å². The third-order valence-electron chi connectivity index (χ3n) is 3.46. The van der Waals surface area contributed by atoms with Crippen molar-refractivity contribution in [1.82, 2.24) is 9.97 Å². The number of nitrogens with zero attached hydrogens (tertiary/aromatic N) is 4. The average molecular weight is 339 g/mol. The van der Waals surface area contributed by atoms with Gasteiger partial charge in [-0.1, -0.05) is 13.3 Å². The van der Waals surface area contributed by atoms with E-state index in [0.29, 0.717) is 32.9 Å². The van der Waals surface area contributed by atoms with Gasteiger partial charge >= 0.3 is 11.7 Å². The molecule has 0 bridgehead atoms. The second kappa shape index (κ2) is 8.96. The highest BCUT2D eigenvalue weighted by molar-refractivity contribution is 5.78. The van der Waals surface area contributed by atoms with Crippen LogP contribution >= 0.6 is 0 Å². The van der Waals surface area contributed by atoms with E-state index in [4.69, 9.17) is 9.47 Å². The largest absolute Gasteiger partial charge is 0.464 e. The third-order valence-corrected chi connectivity index (χ3v) is 3.46. The lowest BCUT2D eigenvalue weighted by atomic mass is 10.3. The summed E-state index contributed by atoms with van der Waals surface area (Å²) < 4.78 is 10.3. The number of unbranched alkanes of at least 4 members (excludes halogenated alkanes) is 1. The van der Waals surface area contributed by atoms with E-state index in [1.807, 2.05) is 6.92 Å². The molecule has 0 radical (unpaired) electrons.